The fourth-order valence-corrected chi connectivity index (χ4v) is 4.62. The molecule has 126 valence electrons. The molecule has 0 radical (unpaired) electrons. The van der Waals surface area contributed by atoms with Crippen LogP contribution >= 0.6 is 34.7 Å². The van der Waals surface area contributed by atoms with Gasteiger partial charge in [0.25, 0.3) is 0 Å². The van der Waals surface area contributed by atoms with Crippen LogP contribution in [0.25, 0.3) is 21.7 Å². The Morgan fingerprint density at radius 3 is 2.84 bits per heavy atom. The maximum atomic E-state index is 6.18. The molecule has 0 fully saturated rings. The summed E-state index contributed by atoms with van der Waals surface area (Å²) in [4.78, 5) is 11.1. The highest BCUT2D eigenvalue weighted by Gasteiger charge is 2.15. The van der Waals surface area contributed by atoms with E-state index in [-0.39, 0.29) is 0 Å². The minimum absolute atomic E-state index is 0.427. The number of rotatable bonds is 4. The van der Waals surface area contributed by atoms with E-state index in [1.807, 2.05) is 18.2 Å². The summed E-state index contributed by atoms with van der Waals surface area (Å²) in [5.74, 6) is 1.51. The predicted octanol–water partition coefficient (Wildman–Crippen LogP) is 5.30. The molecule has 0 aliphatic heterocycles. The van der Waals surface area contributed by atoms with Crippen LogP contribution in [0.1, 0.15) is 16.3 Å². The molecule has 4 rings (SSSR count). The Kier molecular flexibility index (Phi) is 4.45. The summed E-state index contributed by atoms with van der Waals surface area (Å²) in [6.45, 7) is 4.20. The van der Waals surface area contributed by atoms with Crippen LogP contribution in [0, 0.1) is 13.8 Å². The van der Waals surface area contributed by atoms with Gasteiger partial charge in [-0.05, 0) is 31.5 Å². The quantitative estimate of drug-likeness (QED) is 0.349. The maximum absolute atomic E-state index is 6.18. The maximum Gasteiger partial charge on any atom is 0.249 e. The third-order valence-corrected chi connectivity index (χ3v) is 6.25. The molecule has 0 bridgehead atoms. The van der Waals surface area contributed by atoms with E-state index in [2.05, 4.69) is 34.0 Å². The Balaban J connectivity index is 1.58. The average Bonchev–Trinajstić information content (AvgIpc) is 3.19. The highest BCUT2D eigenvalue weighted by Crippen LogP contribution is 2.35. The molecule has 0 atom stereocenters. The number of fused-ring (bicyclic) bond motifs is 1. The highest BCUT2D eigenvalue weighted by atomic mass is 35.5. The van der Waals surface area contributed by atoms with Gasteiger partial charge in [-0.1, -0.05) is 35.5 Å². The lowest BCUT2D eigenvalue weighted by Gasteiger charge is -2.01. The minimum Gasteiger partial charge on any atom is -0.420 e. The number of aromatic nitrogens is 4. The molecule has 4 aromatic rings. The molecule has 0 aliphatic carbocycles. The number of aryl methyl sites for hydroxylation is 2. The van der Waals surface area contributed by atoms with Gasteiger partial charge in [0, 0.05) is 10.3 Å². The van der Waals surface area contributed by atoms with Crippen LogP contribution in [-0.2, 0) is 5.75 Å². The van der Waals surface area contributed by atoms with Gasteiger partial charge in [-0.15, -0.1) is 21.5 Å². The van der Waals surface area contributed by atoms with Crippen molar-refractivity contribution in [3.63, 3.8) is 0 Å². The van der Waals surface area contributed by atoms with E-state index in [1.54, 1.807) is 35.5 Å². The molecule has 5 nitrogen and oxygen atoms in total. The Morgan fingerprint density at radius 2 is 2.00 bits per heavy atom. The van der Waals surface area contributed by atoms with E-state index in [0.29, 0.717) is 22.6 Å². The zero-order chi connectivity index (χ0) is 17.4. The number of hydrogen-bond donors (Lipinski definition) is 0. The van der Waals surface area contributed by atoms with Gasteiger partial charge < -0.3 is 4.42 Å². The normalized spacial score (nSPS) is 11.3. The average molecular weight is 389 g/mol. The van der Waals surface area contributed by atoms with Crippen molar-refractivity contribution in [1.82, 2.24) is 20.2 Å². The predicted molar refractivity (Wildman–Crippen MR) is 101 cm³/mol. The molecule has 0 saturated carbocycles. The van der Waals surface area contributed by atoms with Crippen molar-refractivity contribution in [1.29, 1.82) is 0 Å². The molecule has 0 amide bonds. The Bertz CT molecular complexity index is 1060. The molecule has 0 unspecified atom stereocenters. The summed E-state index contributed by atoms with van der Waals surface area (Å²) in [6, 6.07) is 7.41. The number of halogens is 1. The molecule has 0 spiro atoms. The Labute approximate surface area is 157 Å². The second kappa shape index (κ2) is 6.74. The number of nitrogens with zero attached hydrogens (tertiary/aromatic N) is 4. The molecule has 25 heavy (non-hydrogen) atoms. The molecule has 8 heteroatoms. The van der Waals surface area contributed by atoms with Gasteiger partial charge in [0.2, 0.25) is 11.8 Å². The highest BCUT2D eigenvalue weighted by molar-refractivity contribution is 7.98. The Morgan fingerprint density at radius 1 is 1.16 bits per heavy atom. The summed E-state index contributed by atoms with van der Waals surface area (Å²) >= 11 is 9.43. The lowest BCUT2D eigenvalue weighted by Crippen LogP contribution is -1.87. The molecular weight excluding hydrogens is 376 g/mol. The summed E-state index contributed by atoms with van der Waals surface area (Å²) in [7, 11) is 0. The van der Waals surface area contributed by atoms with E-state index >= 15 is 0 Å². The zero-order valence-electron chi connectivity index (χ0n) is 13.5. The number of hydrogen-bond acceptors (Lipinski definition) is 7. The van der Waals surface area contributed by atoms with Crippen molar-refractivity contribution in [3.05, 3.63) is 51.9 Å². The number of thioether (sulfide) groups is 1. The third kappa shape index (κ3) is 3.15. The van der Waals surface area contributed by atoms with Crippen molar-refractivity contribution < 1.29 is 4.42 Å². The van der Waals surface area contributed by atoms with Crippen molar-refractivity contribution in [2.24, 2.45) is 0 Å². The van der Waals surface area contributed by atoms with Crippen LogP contribution in [0.2, 0.25) is 5.02 Å². The van der Waals surface area contributed by atoms with Crippen LogP contribution < -0.4 is 0 Å². The van der Waals surface area contributed by atoms with E-state index in [1.165, 1.54) is 10.4 Å². The largest absolute Gasteiger partial charge is 0.420 e. The fraction of sp³-hybridized carbons (Fsp3) is 0.176. The van der Waals surface area contributed by atoms with Gasteiger partial charge in [-0.2, -0.15) is 0 Å². The molecule has 3 heterocycles. The second-order valence-corrected chi connectivity index (χ2v) is 7.99. The SMILES string of the molecule is Cc1sc2ncnc(SCc3nnc(-c4ccccc4Cl)o3)c2c1C. The third-order valence-electron chi connectivity index (χ3n) is 3.83. The zero-order valence-corrected chi connectivity index (χ0v) is 15.9. The summed E-state index contributed by atoms with van der Waals surface area (Å²) in [5.41, 5.74) is 1.96. The molecule has 0 aliphatic rings. The van der Waals surface area contributed by atoms with Crippen molar-refractivity contribution in [2.75, 3.05) is 0 Å². The van der Waals surface area contributed by atoms with Gasteiger partial charge in [0.15, 0.2) is 0 Å². The van der Waals surface area contributed by atoms with Gasteiger partial charge >= 0.3 is 0 Å². The standard InChI is InChI=1S/C17H13ClN4OS2/c1-9-10(2)25-17-14(9)16(19-8-20-17)24-7-13-21-22-15(23-13)11-5-3-4-6-12(11)18/h3-6,8H,7H2,1-2H3. The molecular formula is C17H13ClN4OS2. The summed E-state index contributed by atoms with van der Waals surface area (Å²) in [6.07, 6.45) is 1.60. The molecule has 3 aromatic heterocycles. The van der Waals surface area contributed by atoms with Crippen LogP contribution in [0.3, 0.4) is 0 Å². The first kappa shape index (κ1) is 16.5. The first-order chi connectivity index (χ1) is 12.1. The Hall–Kier alpha value is -1.96. The smallest absolute Gasteiger partial charge is 0.249 e. The van der Waals surface area contributed by atoms with Gasteiger partial charge in [0.05, 0.1) is 16.3 Å². The van der Waals surface area contributed by atoms with E-state index in [9.17, 15) is 0 Å². The molecule has 0 saturated heterocycles. The van der Waals surface area contributed by atoms with Crippen molar-refractivity contribution >= 4 is 44.9 Å². The van der Waals surface area contributed by atoms with Crippen LogP contribution in [0.15, 0.2) is 40.0 Å². The first-order valence-corrected chi connectivity index (χ1v) is 9.72. The lowest BCUT2D eigenvalue weighted by molar-refractivity contribution is 0.528. The fourth-order valence-electron chi connectivity index (χ4n) is 2.45. The number of benzene rings is 1. The van der Waals surface area contributed by atoms with E-state index in [4.69, 9.17) is 16.0 Å². The van der Waals surface area contributed by atoms with Crippen molar-refractivity contribution in [3.8, 4) is 11.5 Å². The van der Waals surface area contributed by atoms with Gasteiger partial charge in [0.1, 0.15) is 16.2 Å². The first-order valence-electron chi connectivity index (χ1n) is 7.54. The van der Waals surface area contributed by atoms with E-state index in [0.717, 1.165) is 20.8 Å². The molecule has 0 N–H and O–H groups in total. The number of thiophene rings is 1. The van der Waals surface area contributed by atoms with Crippen LogP contribution in [-0.4, -0.2) is 20.2 Å². The second-order valence-electron chi connectivity index (χ2n) is 5.41. The van der Waals surface area contributed by atoms with Crippen LogP contribution in [0.5, 0.6) is 0 Å². The monoisotopic (exact) mass is 388 g/mol. The van der Waals surface area contributed by atoms with Crippen LogP contribution in [0.4, 0.5) is 0 Å². The summed E-state index contributed by atoms with van der Waals surface area (Å²) in [5, 5.41) is 10.9. The topological polar surface area (TPSA) is 64.7 Å². The van der Waals surface area contributed by atoms with Gasteiger partial charge in [-0.25, -0.2) is 9.97 Å². The minimum atomic E-state index is 0.427. The molecule has 1 aromatic carbocycles. The van der Waals surface area contributed by atoms with E-state index < -0.39 is 0 Å². The lowest BCUT2D eigenvalue weighted by atomic mass is 10.2. The van der Waals surface area contributed by atoms with Crippen molar-refractivity contribution in [2.45, 2.75) is 24.6 Å². The van der Waals surface area contributed by atoms with Gasteiger partial charge in [-0.3, -0.25) is 0 Å². The summed E-state index contributed by atoms with van der Waals surface area (Å²) < 4.78 is 5.75.